The predicted octanol–water partition coefficient (Wildman–Crippen LogP) is 4.37. The Morgan fingerprint density at radius 2 is 1.40 bits per heavy atom. The summed E-state index contributed by atoms with van der Waals surface area (Å²) in [4.78, 5) is 30.4. The molecule has 47 heavy (non-hydrogen) atoms. The van der Waals surface area contributed by atoms with E-state index < -0.39 is 42.6 Å². The first-order chi connectivity index (χ1) is 21.6. The Hall–Kier alpha value is -1.97. The van der Waals surface area contributed by atoms with Crippen LogP contribution in [0.2, 0.25) is 0 Å². The molecule has 4 bridgehead atoms. The normalized spacial score (nSPS) is 34.0. The fraction of sp³-hybridized carbons (Fsp3) is 0.788. The second kappa shape index (κ2) is 13.4. The van der Waals surface area contributed by atoms with Gasteiger partial charge in [-0.25, -0.2) is 4.98 Å². The number of pyridine rings is 1. The van der Waals surface area contributed by atoms with Crippen LogP contribution in [0.5, 0.6) is 0 Å². The van der Waals surface area contributed by atoms with Crippen LogP contribution in [-0.2, 0) is 34.6 Å². The number of nitrogens with two attached hydrogens (primary N) is 1. The predicted molar refractivity (Wildman–Crippen MR) is 179 cm³/mol. The number of anilines is 1. The fourth-order valence-electron chi connectivity index (χ4n) is 9.05. The van der Waals surface area contributed by atoms with Gasteiger partial charge in [-0.3, -0.25) is 23.6 Å². The van der Waals surface area contributed by atoms with Crippen LogP contribution in [0, 0.1) is 33.5 Å². The Morgan fingerprint density at radius 1 is 0.915 bits per heavy atom. The molecule has 5 fully saturated rings. The summed E-state index contributed by atoms with van der Waals surface area (Å²) in [6.07, 6.45) is 7.07. The number of ether oxygens (including phenoxy) is 1. The summed E-state index contributed by atoms with van der Waals surface area (Å²) < 4.78 is 67.8. The van der Waals surface area contributed by atoms with Gasteiger partial charge in [-0.15, -0.1) is 0 Å². The molecule has 4 aliphatic carbocycles. The zero-order valence-corrected chi connectivity index (χ0v) is 30.2. The highest BCUT2D eigenvalue weighted by Gasteiger charge is 2.66. The van der Waals surface area contributed by atoms with Crippen molar-refractivity contribution in [3.05, 3.63) is 23.9 Å². The highest BCUT2D eigenvalue weighted by atomic mass is 32.2. The van der Waals surface area contributed by atoms with Crippen LogP contribution in [0.1, 0.15) is 98.2 Å². The van der Waals surface area contributed by atoms with E-state index in [2.05, 4.69) is 23.7 Å². The third kappa shape index (κ3) is 7.47. The van der Waals surface area contributed by atoms with E-state index in [4.69, 9.17) is 19.6 Å². The van der Waals surface area contributed by atoms with E-state index in [1.165, 1.54) is 6.42 Å². The molecule has 2 heterocycles. The number of rotatable bonds is 7. The highest BCUT2D eigenvalue weighted by Crippen LogP contribution is 2.65. The molecule has 6 atom stereocenters. The number of nitrogen functional groups attached to an aromatic ring is 1. The molecule has 6 rings (SSSR count). The van der Waals surface area contributed by atoms with Gasteiger partial charge in [-0.1, -0.05) is 40.7 Å². The smallest absolute Gasteiger partial charge is 0.265 e. The average molecular weight is 700 g/mol. The molecular formula is C33H53N3O9S2. The molecule has 0 radical (unpaired) electrons. The van der Waals surface area contributed by atoms with Crippen LogP contribution in [-0.4, -0.2) is 84.6 Å². The lowest BCUT2D eigenvalue weighted by molar-refractivity contribution is -0.128. The maximum absolute atomic E-state index is 11.9. The van der Waals surface area contributed by atoms with Crippen molar-refractivity contribution in [2.24, 2.45) is 33.5 Å². The monoisotopic (exact) mass is 699 g/mol. The summed E-state index contributed by atoms with van der Waals surface area (Å²) in [6, 6.07) is 4.35. The van der Waals surface area contributed by atoms with Gasteiger partial charge in [0.25, 0.3) is 20.2 Å². The summed E-state index contributed by atoms with van der Waals surface area (Å²) in [5.74, 6) is 0.356. The number of Topliss-reactive ketones (excluding diaryl/α,β-unsaturated/α-hetero) is 2. The zero-order valence-electron chi connectivity index (χ0n) is 28.6. The standard InChI is InChI=1S/C13H21N3O.2C10H16O4S/c1-3-6-16-8-12(17-9-10(16)2)11-4-5-13(14)15-7-11;2*1-9(2)7-3-4-10(9,8(11)5-7)6-15(12,13)14/h4-5,7,10,12H,3,6,8-9H2,1-2H3,(H2,14,15);2*7H,3-6H2,1-2H3,(H,12,13,14)/t10-,12-;2*7-,10+/m011/s1. The average Bonchev–Trinajstić information content (AvgIpc) is 3.47. The summed E-state index contributed by atoms with van der Waals surface area (Å²) in [5, 5.41) is 0. The molecule has 0 spiro atoms. The van der Waals surface area contributed by atoms with Gasteiger partial charge in [-0.05, 0) is 74.3 Å². The van der Waals surface area contributed by atoms with Gasteiger partial charge < -0.3 is 10.5 Å². The molecule has 1 aliphatic heterocycles. The van der Waals surface area contributed by atoms with Crippen LogP contribution in [0.15, 0.2) is 18.3 Å². The van der Waals surface area contributed by atoms with E-state index in [1.54, 1.807) is 0 Å². The molecule has 4 saturated carbocycles. The fourth-order valence-corrected chi connectivity index (χ4v) is 11.7. The lowest BCUT2D eigenvalue weighted by Crippen LogP contribution is -2.45. The molecule has 1 saturated heterocycles. The van der Waals surface area contributed by atoms with E-state index in [9.17, 15) is 26.4 Å². The summed E-state index contributed by atoms with van der Waals surface area (Å²) in [6.45, 7) is 15.1. The molecule has 12 nitrogen and oxygen atoms in total. The maximum atomic E-state index is 11.9. The first kappa shape index (κ1) is 37.8. The van der Waals surface area contributed by atoms with Gasteiger partial charge in [0.15, 0.2) is 0 Å². The van der Waals surface area contributed by atoms with Crippen molar-refractivity contribution in [3.8, 4) is 0 Å². The minimum absolute atomic E-state index is 0.0152. The molecule has 0 aromatic carbocycles. The minimum Gasteiger partial charge on any atom is -0.384 e. The SMILES string of the molecule is CC1(C)[C@@H]2CC[C@]1(CS(=O)(=O)O)C(=O)C2.CC1(C)[C@@H]2CC[C@]1(CS(=O)(=O)O)C(=O)C2.CCCN1C[C@@H](c2ccc(N)nc2)OC[C@@H]1C. The highest BCUT2D eigenvalue weighted by molar-refractivity contribution is 7.86. The van der Waals surface area contributed by atoms with Gasteiger partial charge in [0.1, 0.15) is 17.4 Å². The van der Waals surface area contributed by atoms with Crippen molar-refractivity contribution < 1.29 is 40.3 Å². The van der Waals surface area contributed by atoms with E-state index in [-0.39, 0.29) is 40.3 Å². The Morgan fingerprint density at radius 3 is 1.74 bits per heavy atom. The number of carbonyl (C=O) groups is 2. The molecule has 0 amide bonds. The molecule has 0 unspecified atom stereocenters. The summed E-state index contributed by atoms with van der Waals surface area (Å²) >= 11 is 0. The van der Waals surface area contributed by atoms with Crippen molar-refractivity contribution >= 4 is 37.6 Å². The van der Waals surface area contributed by atoms with Gasteiger partial charge in [-0.2, -0.15) is 16.8 Å². The van der Waals surface area contributed by atoms with Crippen molar-refractivity contribution in [1.29, 1.82) is 0 Å². The van der Waals surface area contributed by atoms with Gasteiger partial charge in [0.05, 0.1) is 35.0 Å². The zero-order chi connectivity index (χ0) is 35.2. The number of fused-ring (bicyclic) bond motifs is 4. The second-order valence-electron chi connectivity index (χ2n) is 15.5. The molecule has 5 aliphatic rings. The van der Waals surface area contributed by atoms with Crippen LogP contribution < -0.4 is 5.73 Å². The van der Waals surface area contributed by atoms with Gasteiger partial charge >= 0.3 is 0 Å². The minimum atomic E-state index is -4.08. The number of hydrogen-bond donors (Lipinski definition) is 3. The number of ketones is 2. The summed E-state index contributed by atoms with van der Waals surface area (Å²) in [7, 11) is -8.15. The van der Waals surface area contributed by atoms with Crippen molar-refractivity contribution in [2.45, 2.75) is 98.6 Å². The Labute approximate surface area is 280 Å². The van der Waals surface area contributed by atoms with Crippen molar-refractivity contribution in [3.63, 3.8) is 0 Å². The molecular weight excluding hydrogens is 647 g/mol. The lowest BCUT2D eigenvalue weighted by atomic mass is 9.70. The first-order valence-electron chi connectivity index (χ1n) is 16.6. The van der Waals surface area contributed by atoms with Crippen molar-refractivity contribution in [1.82, 2.24) is 9.88 Å². The third-order valence-corrected chi connectivity index (χ3v) is 14.1. The maximum Gasteiger partial charge on any atom is 0.265 e. The topological polar surface area (TPSA) is 194 Å². The van der Waals surface area contributed by atoms with Crippen LogP contribution in [0.25, 0.3) is 0 Å². The van der Waals surface area contributed by atoms with Gasteiger partial charge in [0.2, 0.25) is 0 Å². The van der Waals surface area contributed by atoms with Crippen LogP contribution in [0.4, 0.5) is 5.82 Å². The third-order valence-electron chi connectivity index (χ3n) is 12.4. The Kier molecular flexibility index (Phi) is 10.8. The summed E-state index contributed by atoms with van der Waals surface area (Å²) in [5.41, 5.74) is 4.47. The number of carbonyl (C=O) groups excluding carboxylic acids is 2. The van der Waals surface area contributed by atoms with E-state index in [1.807, 2.05) is 46.0 Å². The molecule has 1 aromatic rings. The molecule has 14 heteroatoms. The number of aromatic nitrogens is 1. The largest absolute Gasteiger partial charge is 0.384 e. The van der Waals surface area contributed by atoms with E-state index >= 15 is 0 Å². The number of nitrogens with zero attached hydrogens (tertiary/aromatic N) is 2. The quantitative estimate of drug-likeness (QED) is 0.341. The molecule has 4 N–H and O–H groups in total. The number of hydrogen-bond acceptors (Lipinski definition) is 10. The number of morpholine rings is 1. The lowest BCUT2D eigenvalue weighted by Gasteiger charge is -2.38. The van der Waals surface area contributed by atoms with E-state index in [0.29, 0.717) is 37.5 Å². The molecule has 266 valence electrons. The van der Waals surface area contributed by atoms with E-state index in [0.717, 1.165) is 38.1 Å². The van der Waals surface area contributed by atoms with Crippen molar-refractivity contribution in [2.75, 3.05) is 36.9 Å². The molecule has 1 aromatic heterocycles. The Bertz CT molecular complexity index is 1460. The van der Waals surface area contributed by atoms with Crippen LogP contribution in [0.3, 0.4) is 0 Å². The first-order valence-corrected chi connectivity index (χ1v) is 19.8. The second-order valence-corrected chi connectivity index (χ2v) is 18.4. The van der Waals surface area contributed by atoms with Gasteiger partial charge in [0, 0.05) is 37.2 Å². The Balaban J connectivity index is 0.000000160. The van der Waals surface area contributed by atoms with Crippen LogP contribution >= 0.6 is 0 Å².